The van der Waals surface area contributed by atoms with Crippen molar-refractivity contribution < 1.29 is 4.74 Å². The van der Waals surface area contributed by atoms with Gasteiger partial charge in [0.15, 0.2) is 0 Å². The van der Waals surface area contributed by atoms with Crippen LogP contribution in [0.5, 0.6) is 0 Å². The fourth-order valence-electron chi connectivity index (χ4n) is 3.01. The Morgan fingerprint density at radius 1 is 1.33 bits per heavy atom. The summed E-state index contributed by atoms with van der Waals surface area (Å²) in [6.07, 6.45) is 16.6. The molecule has 2 atom stereocenters. The lowest BCUT2D eigenvalue weighted by atomic mass is 9.83. The molecule has 2 unspecified atom stereocenters. The number of ether oxygens (including phenoxy) is 1. The summed E-state index contributed by atoms with van der Waals surface area (Å²) in [6, 6.07) is 0. The van der Waals surface area contributed by atoms with Crippen molar-refractivity contribution in [1.29, 1.82) is 0 Å². The molecule has 0 heterocycles. The molecule has 2 nitrogen and oxygen atoms in total. The topological polar surface area (TPSA) is 21.3 Å². The molecular formula is C16H27NO. The first-order valence-corrected chi connectivity index (χ1v) is 7.53. The maximum absolute atomic E-state index is 6.18. The molecule has 2 aliphatic rings. The standard InChI is InChI=1S/C16H27NO/c1-17-12-13-18-16(14-8-4-2-5-9-14)15-10-6-3-7-11-15/h4,8,10,14,16-17H,2-3,5-7,9,11-13H2,1H3. The molecule has 2 heteroatoms. The zero-order valence-electron chi connectivity index (χ0n) is 11.7. The first-order chi connectivity index (χ1) is 8.92. The Morgan fingerprint density at radius 2 is 2.28 bits per heavy atom. The van der Waals surface area contributed by atoms with Crippen LogP contribution in [0.15, 0.2) is 23.8 Å². The van der Waals surface area contributed by atoms with Crippen LogP contribution in [-0.4, -0.2) is 26.3 Å². The molecule has 0 radical (unpaired) electrons. The molecule has 0 saturated heterocycles. The van der Waals surface area contributed by atoms with Crippen molar-refractivity contribution in [2.75, 3.05) is 20.2 Å². The zero-order valence-corrected chi connectivity index (χ0v) is 11.7. The third-order valence-corrected chi connectivity index (χ3v) is 4.02. The van der Waals surface area contributed by atoms with E-state index in [1.165, 1.54) is 44.9 Å². The van der Waals surface area contributed by atoms with E-state index in [2.05, 4.69) is 23.5 Å². The Morgan fingerprint density at radius 3 is 2.94 bits per heavy atom. The van der Waals surface area contributed by atoms with Gasteiger partial charge in [-0.3, -0.25) is 0 Å². The number of hydrogen-bond donors (Lipinski definition) is 1. The Hall–Kier alpha value is -0.600. The van der Waals surface area contributed by atoms with Gasteiger partial charge in [0.1, 0.15) is 0 Å². The smallest absolute Gasteiger partial charge is 0.0848 e. The predicted molar refractivity (Wildman–Crippen MR) is 76.7 cm³/mol. The van der Waals surface area contributed by atoms with Crippen LogP contribution < -0.4 is 5.32 Å². The zero-order chi connectivity index (χ0) is 12.6. The van der Waals surface area contributed by atoms with Crippen molar-refractivity contribution in [3.05, 3.63) is 23.8 Å². The van der Waals surface area contributed by atoms with E-state index < -0.39 is 0 Å². The van der Waals surface area contributed by atoms with Crippen LogP contribution in [0.4, 0.5) is 0 Å². The molecule has 0 aromatic carbocycles. The van der Waals surface area contributed by atoms with E-state index in [-0.39, 0.29) is 0 Å². The van der Waals surface area contributed by atoms with Crippen molar-refractivity contribution in [1.82, 2.24) is 5.32 Å². The fourth-order valence-corrected chi connectivity index (χ4v) is 3.01. The van der Waals surface area contributed by atoms with Gasteiger partial charge in [-0.05, 0) is 57.6 Å². The number of nitrogens with one attached hydrogen (secondary N) is 1. The molecule has 0 aliphatic heterocycles. The molecule has 1 N–H and O–H groups in total. The number of allylic oxidation sites excluding steroid dienone is 2. The molecule has 0 fully saturated rings. The average Bonchev–Trinajstić information content (AvgIpc) is 2.46. The third kappa shape index (κ3) is 3.96. The lowest BCUT2D eigenvalue weighted by Crippen LogP contribution is -2.29. The van der Waals surface area contributed by atoms with Gasteiger partial charge in [0, 0.05) is 12.5 Å². The Labute approximate surface area is 111 Å². The van der Waals surface area contributed by atoms with Crippen LogP contribution >= 0.6 is 0 Å². The van der Waals surface area contributed by atoms with Gasteiger partial charge < -0.3 is 10.1 Å². The molecular weight excluding hydrogens is 222 g/mol. The molecule has 0 bridgehead atoms. The van der Waals surface area contributed by atoms with E-state index >= 15 is 0 Å². The van der Waals surface area contributed by atoms with Crippen molar-refractivity contribution in [2.24, 2.45) is 5.92 Å². The second kappa shape index (κ2) is 7.75. The summed E-state index contributed by atoms with van der Waals surface area (Å²) in [4.78, 5) is 0. The minimum atomic E-state index is 0.343. The molecule has 18 heavy (non-hydrogen) atoms. The highest BCUT2D eigenvalue weighted by atomic mass is 16.5. The molecule has 0 aromatic rings. The molecule has 0 aromatic heterocycles. The van der Waals surface area contributed by atoms with Gasteiger partial charge in [-0.15, -0.1) is 0 Å². The summed E-state index contributed by atoms with van der Waals surface area (Å²) in [5.41, 5.74) is 1.56. The molecule has 2 aliphatic carbocycles. The van der Waals surface area contributed by atoms with Crippen molar-refractivity contribution >= 4 is 0 Å². The molecule has 2 rings (SSSR count). The summed E-state index contributed by atoms with van der Waals surface area (Å²) in [5.74, 6) is 0.611. The SMILES string of the molecule is CNCCOC(C1=CCCCC1)C1C=CCCC1. The third-order valence-electron chi connectivity index (χ3n) is 4.02. The lowest BCUT2D eigenvalue weighted by Gasteiger charge is -2.31. The van der Waals surface area contributed by atoms with E-state index in [0.29, 0.717) is 12.0 Å². The van der Waals surface area contributed by atoms with Crippen LogP contribution in [0.3, 0.4) is 0 Å². The minimum Gasteiger partial charge on any atom is -0.372 e. The van der Waals surface area contributed by atoms with E-state index in [0.717, 1.165) is 13.2 Å². The van der Waals surface area contributed by atoms with Gasteiger partial charge in [-0.1, -0.05) is 18.2 Å². The summed E-state index contributed by atoms with van der Waals surface area (Å²) < 4.78 is 6.18. The number of rotatable bonds is 6. The second-order valence-corrected chi connectivity index (χ2v) is 5.44. The predicted octanol–water partition coefficient (Wildman–Crippen LogP) is 3.45. The van der Waals surface area contributed by atoms with Gasteiger partial charge in [0.2, 0.25) is 0 Å². The highest BCUT2D eigenvalue weighted by molar-refractivity contribution is 5.16. The molecule has 0 saturated carbocycles. The van der Waals surface area contributed by atoms with Crippen LogP contribution in [0, 0.1) is 5.92 Å². The van der Waals surface area contributed by atoms with Crippen LogP contribution in [0.25, 0.3) is 0 Å². The van der Waals surface area contributed by atoms with Crippen molar-refractivity contribution in [2.45, 2.75) is 51.0 Å². The average molecular weight is 249 g/mol. The Bertz CT molecular complexity index is 295. The van der Waals surface area contributed by atoms with Gasteiger partial charge in [0.25, 0.3) is 0 Å². The highest BCUT2D eigenvalue weighted by Gasteiger charge is 2.25. The van der Waals surface area contributed by atoms with Gasteiger partial charge >= 0.3 is 0 Å². The van der Waals surface area contributed by atoms with Crippen LogP contribution in [0.1, 0.15) is 44.9 Å². The van der Waals surface area contributed by atoms with Gasteiger partial charge in [-0.2, -0.15) is 0 Å². The van der Waals surface area contributed by atoms with Crippen LogP contribution in [0.2, 0.25) is 0 Å². The molecule has 102 valence electrons. The summed E-state index contributed by atoms with van der Waals surface area (Å²) >= 11 is 0. The van der Waals surface area contributed by atoms with E-state index in [4.69, 9.17) is 4.74 Å². The highest BCUT2D eigenvalue weighted by Crippen LogP contribution is 2.31. The molecule has 0 spiro atoms. The normalized spacial score (nSPS) is 25.8. The van der Waals surface area contributed by atoms with Gasteiger partial charge in [-0.25, -0.2) is 0 Å². The second-order valence-electron chi connectivity index (χ2n) is 5.44. The Balaban J connectivity index is 1.98. The quantitative estimate of drug-likeness (QED) is 0.575. The van der Waals surface area contributed by atoms with E-state index in [1.807, 2.05) is 7.05 Å². The maximum atomic E-state index is 6.18. The summed E-state index contributed by atoms with van der Waals surface area (Å²) in [6.45, 7) is 1.77. The minimum absolute atomic E-state index is 0.343. The van der Waals surface area contributed by atoms with Crippen molar-refractivity contribution in [3.8, 4) is 0 Å². The summed E-state index contributed by atoms with van der Waals surface area (Å²) in [5, 5.41) is 3.17. The van der Waals surface area contributed by atoms with E-state index in [1.54, 1.807) is 5.57 Å². The number of likely N-dealkylation sites (N-methyl/N-ethyl adjacent to an activating group) is 1. The van der Waals surface area contributed by atoms with Crippen LogP contribution in [-0.2, 0) is 4.74 Å². The number of hydrogen-bond acceptors (Lipinski definition) is 2. The van der Waals surface area contributed by atoms with Crippen molar-refractivity contribution in [3.63, 3.8) is 0 Å². The largest absolute Gasteiger partial charge is 0.372 e. The fraction of sp³-hybridized carbons (Fsp3) is 0.750. The lowest BCUT2D eigenvalue weighted by molar-refractivity contribution is 0.0455. The first kappa shape index (κ1) is 13.8. The van der Waals surface area contributed by atoms with E-state index in [9.17, 15) is 0 Å². The first-order valence-electron chi connectivity index (χ1n) is 7.53. The molecule has 0 amide bonds. The Kier molecular flexibility index (Phi) is 5.95. The van der Waals surface area contributed by atoms with Gasteiger partial charge in [0.05, 0.1) is 12.7 Å². The monoisotopic (exact) mass is 249 g/mol. The summed E-state index contributed by atoms with van der Waals surface area (Å²) in [7, 11) is 1.98. The maximum Gasteiger partial charge on any atom is 0.0848 e.